The van der Waals surface area contributed by atoms with Crippen LogP contribution >= 0.6 is 11.3 Å². The maximum atomic E-state index is 13.2. The summed E-state index contributed by atoms with van der Waals surface area (Å²) in [7, 11) is -7.19. The number of benzene rings is 2. The van der Waals surface area contributed by atoms with Crippen molar-refractivity contribution in [3.63, 3.8) is 0 Å². The zero-order valence-electron chi connectivity index (χ0n) is 23.1. The summed E-state index contributed by atoms with van der Waals surface area (Å²) >= 11 is 1.06. The van der Waals surface area contributed by atoms with E-state index in [-0.39, 0.29) is 33.3 Å². The number of rotatable bonds is 13. The predicted octanol–water partition coefficient (Wildman–Crippen LogP) is 4.00. The van der Waals surface area contributed by atoms with Crippen LogP contribution in [0.4, 0.5) is 0 Å². The van der Waals surface area contributed by atoms with Gasteiger partial charge in [-0.15, -0.1) is 0 Å². The lowest BCUT2D eigenvalue weighted by Gasteiger charge is -2.22. The molecule has 0 N–H and O–H groups in total. The van der Waals surface area contributed by atoms with Crippen molar-refractivity contribution < 1.29 is 31.2 Å². The van der Waals surface area contributed by atoms with E-state index in [1.165, 1.54) is 45.3 Å². The van der Waals surface area contributed by atoms with Crippen LogP contribution < -0.4 is 4.80 Å². The van der Waals surface area contributed by atoms with E-state index in [0.717, 1.165) is 43.3 Å². The van der Waals surface area contributed by atoms with Gasteiger partial charge in [0.1, 0.15) is 6.54 Å². The Balaban J connectivity index is 2.00. The average Bonchev–Trinajstić information content (AvgIpc) is 3.24. The molecule has 1 heterocycles. The van der Waals surface area contributed by atoms with Crippen LogP contribution in [0.25, 0.3) is 10.2 Å². The minimum absolute atomic E-state index is 0.101. The molecular weight excluding hydrogens is 575 g/mol. The number of sulfonamides is 1. The van der Waals surface area contributed by atoms with Gasteiger partial charge < -0.3 is 9.30 Å². The molecule has 0 aliphatic heterocycles. The molecule has 3 rings (SSSR count). The molecule has 0 aliphatic carbocycles. The lowest BCUT2D eigenvalue weighted by atomic mass is 10.2. The standard InChI is InChI=1S/C27H35N3O7S3/c1-5-8-16-29(17-9-6-2)40(35,36)21-12-10-20(11-13-21)26(32)28-27-30(19-25(31)37-7-3)23-15-14-22(39(4,33)34)18-24(23)38-27/h10-15,18H,5-9,16-17,19H2,1-4H3. The van der Waals surface area contributed by atoms with Gasteiger partial charge in [-0.3, -0.25) is 9.59 Å². The third-order valence-electron chi connectivity index (χ3n) is 6.13. The quantitative estimate of drug-likeness (QED) is 0.268. The Hall–Kier alpha value is -2.87. The van der Waals surface area contributed by atoms with E-state index in [2.05, 4.69) is 4.99 Å². The molecule has 0 saturated carbocycles. The number of carbonyl (C=O) groups excluding carboxylic acids is 2. The Morgan fingerprint density at radius 3 is 2.08 bits per heavy atom. The van der Waals surface area contributed by atoms with Crippen molar-refractivity contribution in [2.24, 2.45) is 4.99 Å². The molecule has 0 spiro atoms. The monoisotopic (exact) mass is 609 g/mol. The molecule has 0 saturated heterocycles. The van der Waals surface area contributed by atoms with Crippen molar-refractivity contribution in [2.45, 2.75) is 62.8 Å². The molecule has 218 valence electrons. The van der Waals surface area contributed by atoms with E-state index in [9.17, 15) is 26.4 Å². The Morgan fingerprint density at radius 1 is 0.925 bits per heavy atom. The van der Waals surface area contributed by atoms with E-state index in [1.807, 2.05) is 13.8 Å². The van der Waals surface area contributed by atoms with Gasteiger partial charge in [0, 0.05) is 24.9 Å². The first kappa shape index (κ1) is 31.7. The summed E-state index contributed by atoms with van der Waals surface area (Å²) in [6, 6.07) is 10.1. The Labute approximate surface area is 239 Å². The fourth-order valence-corrected chi connectivity index (χ4v) is 7.25. The van der Waals surface area contributed by atoms with Crippen LogP contribution in [0.15, 0.2) is 57.2 Å². The number of esters is 1. The first-order chi connectivity index (χ1) is 18.9. The summed E-state index contributed by atoms with van der Waals surface area (Å²) in [5.74, 6) is -1.17. The highest BCUT2D eigenvalue weighted by molar-refractivity contribution is 7.90. The van der Waals surface area contributed by atoms with Gasteiger partial charge >= 0.3 is 5.97 Å². The first-order valence-corrected chi connectivity index (χ1v) is 17.3. The minimum atomic E-state index is -3.72. The Kier molecular flexibility index (Phi) is 10.8. The van der Waals surface area contributed by atoms with Crippen LogP contribution in [0, 0.1) is 0 Å². The first-order valence-electron chi connectivity index (χ1n) is 13.1. The van der Waals surface area contributed by atoms with Crippen LogP contribution in [-0.4, -0.2) is 63.5 Å². The van der Waals surface area contributed by atoms with Crippen LogP contribution in [0.5, 0.6) is 0 Å². The van der Waals surface area contributed by atoms with Gasteiger partial charge in [0.25, 0.3) is 5.91 Å². The highest BCUT2D eigenvalue weighted by Crippen LogP contribution is 2.23. The number of unbranched alkanes of at least 4 members (excludes halogenated alkanes) is 2. The zero-order chi connectivity index (χ0) is 29.5. The van der Waals surface area contributed by atoms with Crippen LogP contribution in [0.3, 0.4) is 0 Å². The second kappa shape index (κ2) is 13.7. The number of hydrogen-bond donors (Lipinski definition) is 0. The number of ether oxygens (including phenoxy) is 1. The molecule has 0 unspecified atom stereocenters. The number of sulfone groups is 1. The maximum absolute atomic E-state index is 13.2. The average molecular weight is 610 g/mol. The van der Waals surface area contributed by atoms with E-state index < -0.39 is 31.7 Å². The molecular formula is C27H35N3O7S3. The van der Waals surface area contributed by atoms with Gasteiger partial charge in [-0.1, -0.05) is 38.0 Å². The van der Waals surface area contributed by atoms with Crippen LogP contribution in [0.2, 0.25) is 0 Å². The fraction of sp³-hybridized carbons (Fsp3) is 0.444. The Bertz CT molecular complexity index is 1630. The van der Waals surface area contributed by atoms with Crippen molar-refractivity contribution >= 4 is 53.3 Å². The second-order valence-corrected chi connectivity index (χ2v) is 14.2. The molecule has 10 nitrogen and oxygen atoms in total. The number of thiazole rings is 1. The number of hydrogen-bond acceptors (Lipinski definition) is 8. The van der Waals surface area contributed by atoms with Gasteiger partial charge in [0.15, 0.2) is 14.6 Å². The van der Waals surface area contributed by atoms with Crippen LogP contribution in [0.1, 0.15) is 56.8 Å². The van der Waals surface area contributed by atoms with Crippen molar-refractivity contribution in [3.8, 4) is 0 Å². The van der Waals surface area contributed by atoms with E-state index >= 15 is 0 Å². The number of carbonyl (C=O) groups is 2. The smallest absolute Gasteiger partial charge is 0.326 e. The zero-order valence-corrected chi connectivity index (χ0v) is 25.6. The number of fused-ring (bicyclic) bond motifs is 1. The lowest BCUT2D eigenvalue weighted by Crippen LogP contribution is -2.33. The minimum Gasteiger partial charge on any atom is -0.465 e. The van der Waals surface area contributed by atoms with Gasteiger partial charge in [-0.05, 0) is 62.2 Å². The predicted molar refractivity (Wildman–Crippen MR) is 154 cm³/mol. The largest absolute Gasteiger partial charge is 0.465 e. The summed E-state index contributed by atoms with van der Waals surface area (Å²) < 4.78 is 59.1. The maximum Gasteiger partial charge on any atom is 0.326 e. The summed E-state index contributed by atoms with van der Waals surface area (Å²) in [6.07, 6.45) is 4.35. The van der Waals surface area contributed by atoms with Gasteiger partial charge in [0.05, 0.1) is 26.6 Å². The van der Waals surface area contributed by atoms with Crippen molar-refractivity contribution in [3.05, 3.63) is 52.8 Å². The molecule has 1 aromatic heterocycles. The van der Waals surface area contributed by atoms with Gasteiger partial charge in [0.2, 0.25) is 10.0 Å². The molecule has 1 amide bonds. The normalized spacial score (nSPS) is 12.8. The molecule has 0 fully saturated rings. The molecule has 2 aromatic carbocycles. The molecule has 13 heteroatoms. The molecule has 40 heavy (non-hydrogen) atoms. The number of aromatic nitrogens is 1. The number of amides is 1. The van der Waals surface area contributed by atoms with Gasteiger partial charge in [-0.25, -0.2) is 16.8 Å². The molecule has 0 radical (unpaired) electrons. The van der Waals surface area contributed by atoms with Crippen molar-refractivity contribution in [1.29, 1.82) is 0 Å². The highest BCUT2D eigenvalue weighted by Gasteiger charge is 2.24. The second-order valence-electron chi connectivity index (χ2n) is 9.23. The van der Waals surface area contributed by atoms with Crippen LogP contribution in [-0.2, 0) is 35.9 Å². The molecule has 0 bridgehead atoms. The number of nitrogens with zero attached hydrogens (tertiary/aromatic N) is 3. The van der Waals surface area contributed by atoms with E-state index in [0.29, 0.717) is 23.3 Å². The van der Waals surface area contributed by atoms with Crippen molar-refractivity contribution in [2.75, 3.05) is 26.0 Å². The molecule has 3 aromatic rings. The van der Waals surface area contributed by atoms with Crippen molar-refractivity contribution in [1.82, 2.24) is 8.87 Å². The third kappa shape index (κ3) is 7.65. The summed E-state index contributed by atoms with van der Waals surface area (Å²) in [4.78, 5) is 30.0. The topological polar surface area (TPSA) is 132 Å². The molecule has 0 aliphatic rings. The molecule has 0 atom stereocenters. The lowest BCUT2D eigenvalue weighted by molar-refractivity contribution is -0.143. The Morgan fingerprint density at radius 2 is 1.52 bits per heavy atom. The van der Waals surface area contributed by atoms with E-state index in [1.54, 1.807) is 13.0 Å². The summed E-state index contributed by atoms with van der Waals surface area (Å²) in [5, 5.41) is 0. The fourth-order valence-electron chi connectivity index (χ4n) is 3.95. The summed E-state index contributed by atoms with van der Waals surface area (Å²) in [5.41, 5.74) is 0.697. The van der Waals surface area contributed by atoms with Gasteiger partial charge in [-0.2, -0.15) is 9.30 Å². The summed E-state index contributed by atoms with van der Waals surface area (Å²) in [6.45, 7) is 6.51. The SMILES string of the molecule is CCCCN(CCCC)S(=O)(=O)c1ccc(C(=O)N=c2sc3cc(S(C)(=O)=O)ccc3n2CC(=O)OCC)cc1. The van der Waals surface area contributed by atoms with E-state index in [4.69, 9.17) is 4.74 Å². The third-order valence-corrected chi connectivity index (χ3v) is 10.2. The highest BCUT2D eigenvalue weighted by atomic mass is 32.2.